The Hall–Kier alpha value is -1.42. The summed E-state index contributed by atoms with van der Waals surface area (Å²) in [5, 5.41) is 11.5. The van der Waals surface area contributed by atoms with E-state index < -0.39 is 5.97 Å². The molecule has 0 amide bonds. The lowest BCUT2D eigenvalue weighted by molar-refractivity contribution is -0.137. The Morgan fingerprint density at radius 1 is 1.31 bits per heavy atom. The first kappa shape index (κ1) is 12.6. The van der Waals surface area contributed by atoms with Gasteiger partial charge >= 0.3 is 5.97 Å². The number of halogens is 1. The topological polar surface area (TPSA) is 49.3 Å². The van der Waals surface area contributed by atoms with E-state index in [1.807, 2.05) is 0 Å². The molecule has 2 N–H and O–H groups in total. The lowest BCUT2D eigenvalue weighted by Crippen LogP contribution is -2.15. The molecule has 0 aliphatic carbocycles. The molecule has 4 heteroatoms. The fourth-order valence-electron chi connectivity index (χ4n) is 1.39. The van der Waals surface area contributed by atoms with E-state index in [2.05, 4.69) is 5.32 Å². The van der Waals surface area contributed by atoms with Crippen LogP contribution in [0.5, 0.6) is 0 Å². The monoisotopic (exact) mass is 225 g/mol. The van der Waals surface area contributed by atoms with Gasteiger partial charge in [0.2, 0.25) is 0 Å². The number of carboxylic acids is 1. The van der Waals surface area contributed by atoms with Crippen molar-refractivity contribution in [3.05, 3.63) is 35.6 Å². The number of unbranched alkanes of at least 4 members (excludes halogenated alkanes) is 1. The molecular formula is C12H16FNO2. The van der Waals surface area contributed by atoms with Crippen LogP contribution in [0.15, 0.2) is 24.3 Å². The molecule has 0 fully saturated rings. The van der Waals surface area contributed by atoms with Gasteiger partial charge in [0, 0.05) is 18.5 Å². The summed E-state index contributed by atoms with van der Waals surface area (Å²) in [5.74, 6) is -0.977. The van der Waals surface area contributed by atoms with Gasteiger partial charge < -0.3 is 10.4 Å². The second-order valence-electron chi connectivity index (χ2n) is 3.62. The Morgan fingerprint density at radius 3 is 2.75 bits per heavy atom. The predicted molar refractivity (Wildman–Crippen MR) is 59.6 cm³/mol. The number of carboxylic acid groups (broad SMARTS) is 1. The van der Waals surface area contributed by atoms with Gasteiger partial charge in [-0.2, -0.15) is 0 Å². The molecule has 16 heavy (non-hydrogen) atoms. The van der Waals surface area contributed by atoms with Crippen molar-refractivity contribution in [3.8, 4) is 0 Å². The third kappa shape index (κ3) is 4.89. The first-order valence-corrected chi connectivity index (χ1v) is 5.36. The summed E-state index contributed by atoms with van der Waals surface area (Å²) in [5.41, 5.74) is 0.640. The molecule has 0 radical (unpaired) electrons. The van der Waals surface area contributed by atoms with Crippen LogP contribution < -0.4 is 5.32 Å². The Kier molecular flexibility index (Phi) is 5.50. The van der Waals surface area contributed by atoms with Crippen LogP contribution in [-0.4, -0.2) is 17.6 Å². The molecule has 1 aromatic carbocycles. The van der Waals surface area contributed by atoms with Gasteiger partial charge in [-0.15, -0.1) is 0 Å². The van der Waals surface area contributed by atoms with Gasteiger partial charge in [0.1, 0.15) is 5.82 Å². The van der Waals surface area contributed by atoms with Gasteiger partial charge in [-0.05, 0) is 25.5 Å². The highest BCUT2D eigenvalue weighted by atomic mass is 19.1. The van der Waals surface area contributed by atoms with Crippen molar-refractivity contribution in [1.29, 1.82) is 0 Å². The SMILES string of the molecule is O=C(O)CCCCNCc1ccccc1F. The van der Waals surface area contributed by atoms with Crippen molar-refractivity contribution < 1.29 is 14.3 Å². The zero-order valence-electron chi connectivity index (χ0n) is 9.08. The summed E-state index contributed by atoms with van der Waals surface area (Å²) >= 11 is 0. The quantitative estimate of drug-likeness (QED) is 0.699. The highest BCUT2D eigenvalue weighted by Crippen LogP contribution is 2.05. The number of hydrogen-bond donors (Lipinski definition) is 2. The highest BCUT2D eigenvalue weighted by Gasteiger charge is 1.99. The molecule has 0 aliphatic heterocycles. The van der Waals surface area contributed by atoms with Crippen molar-refractivity contribution in [1.82, 2.24) is 5.32 Å². The molecule has 0 aromatic heterocycles. The van der Waals surface area contributed by atoms with Crippen LogP contribution in [0.1, 0.15) is 24.8 Å². The number of aliphatic carboxylic acids is 1. The molecular weight excluding hydrogens is 209 g/mol. The molecule has 1 rings (SSSR count). The van der Waals surface area contributed by atoms with E-state index in [1.54, 1.807) is 18.2 Å². The third-order valence-corrected chi connectivity index (χ3v) is 2.27. The Morgan fingerprint density at radius 2 is 2.06 bits per heavy atom. The Balaban J connectivity index is 2.12. The summed E-state index contributed by atoms with van der Waals surface area (Å²) in [6.45, 7) is 1.20. The molecule has 88 valence electrons. The molecule has 3 nitrogen and oxygen atoms in total. The van der Waals surface area contributed by atoms with Crippen molar-refractivity contribution in [3.63, 3.8) is 0 Å². The van der Waals surface area contributed by atoms with Crippen molar-refractivity contribution in [2.45, 2.75) is 25.8 Å². The maximum atomic E-state index is 13.2. The Labute approximate surface area is 94.3 Å². The molecule has 0 atom stereocenters. The van der Waals surface area contributed by atoms with Gasteiger partial charge in [-0.25, -0.2) is 4.39 Å². The second kappa shape index (κ2) is 6.95. The Bertz CT molecular complexity index is 342. The maximum absolute atomic E-state index is 13.2. The smallest absolute Gasteiger partial charge is 0.303 e. The van der Waals surface area contributed by atoms with Gasteiger partial charge in [-0.3, -0.25) is 4.79 Å². The van der Waals surface area contributed by atoms with Crippen LogP contribution >= 0.6 is 0 Å². The van der Waals surface area contributed by atoms with E-state index in [4.69, 9.17) is 5.11 Å². The minimum absolute atomic E-state index is 0.196. The van der Waals surface area contributed by atoms with E-state index in [-0.39, 0.29) is 12.2 Å². The van der Waals surface area contributed by atoms with Crippen LogP contribution in [-0.2, 0) is 11.3 Å². The molecule has 0 bridgehead atoms. The zero-order chi connectivity index (χ0) is 11.8. The van der Waals surface area contributed by atoms with E-state index in [0.717, 1.165) is 6.42 Å². The second-order valence-corrected chi connectivity index (χ2v) is 3.62. The van der Waals surface area contributed by atoms with Crippen LogP contribution in [0.4, 0.5) is 4.39 Å². The number of carbonyl (C=O) groups is 1. The predicted octanol–water partition coefficient (Wildman–Crippen LogP) is 2.17. The minimum Gasteiger partial charge on any atom is -0.481 e. The first-order valence-electron chi connectivity index (χ1n) is 5.36. The number of hydrogen-bond acceptors (Lipinski definition) is 2. The molecule has 0 saturated carbocycles. The van der Waals surface area contributed by atoms with Gasteiger partial charge in [0.05, 0.1) is 0 Å². The summed E-state index contributed by atoms with van der Waals surface area (Å²) in [4.78, 5) is 10.2. The van der Waals surface area contributed by atoms with Crippen molar-refractivity contribution in [2.24, 2.45) is 0 Å². The summed E-state index contributed by atoms with van der Waals surface area (Å²) in [7, 11) is 0. The fourth-order valence-corrected chi connectivity index (χ4v) is 1.39. The summed E-state index contributed by atoms with van der Waals surface area (Å²) in [6.07, 6.45) is 1.64. The summed E-state index contributed by atoms with van der Waals surface area (Å²) < 4.78 is 13.2. The fraction of sp³-hybridized carbons (Fsp3) is 0.417. The van der Waals surface area contributed by atoms with Crippen molar-refractivity contribution >= 4 is 5.97 Å². The van der Waals surface area contributed by atoms with Crippen LogP contribution in [0.2, 0.25) is 0 Å². The standard InChI is InChI=1S/C12H16FNO2/c13-11-6-2-1-5-10(11)9-14-8-4-3-7-12(15)16/h1-2,5-6,14H,3-4,7-9H2,(H,15,16). The van der Waals surface area contributed by atoms with E-state index in [1.165, 1.54) is 6.07 Å². The number of nitrogens with one attached hydrogen (secondary N) is 1. The molecule has 0 heterocycles. The molecule has 0 aliphatic rings. The number of benzene rings is 1. The molecule has 0 saturated heterocycles. The largest absolute Gasteiger partial charge is 0.481 e. The zero-order valence-corrected chi connectivity index (χ0v) is 9.08. The molecule has 0 spiro atoms. The average molecular weight is 225 g/mol. The summed E-state index contributed by atoms with van der Waals surface area (Å²) in [6, 6.07) is 6.62. The van der Waals surface area contributed by atoms with Crippen LogP contribution in [0, 0.1) is 5.82 Å². The van der Waals surface area contributed by atoms with E-state index in [0.29, 0.717) is 25.1 Å². The average Bonchev–Trinajstić information content (AvgIpc) is 2.25. The van der Waals surface area contributed by atoms with Gasteiger partial charge in [0.25, 0.3) is 0 Å². The van der Waals surface area contributed by atoms with Crippen LogP contribution in [0.3, 0.4) is 0 Å². The van der Waals surface area contributed by atoms with Crippen LogP contribution in [0.25, 0.3) is 0 Å². The highest BCUT2D eigenvalue weighted by molar-refractivity contribution is 5.66. The van der Waals surface area contributed by atoms with Gasteiger partial charge in [0.15, 0.2) is 0 Å². The van der Waals surface area contributed by atoms with E-state index >= 15 is 0 Å². The maximum Gasteiger partial charge on any atom is 0.303 e. The molecule has 1 aromatic rings. The lowest BCUT2D eigenvalue weighted by Gasteiger charge is -2.05. The van der Waals surface area contributed by atoms with Gasteiger partial charge in [-0.1, -0.05) is 18.2 Å². The minimum atomic E-state index is -0.769. The normalized spacial score (nSPS) is 10.3. The third-order valence-electron chi connectivity index (χ3n) is 2.27. The molecule has 0 unspecified atom stereocenters. The van der Waals surface area contributed by atoms with Crippen molar-refractivity contribution in [2.75, 3.05) is 6.54 Å². The number of rotatable bonds is 7. The first-order chi connectivity index (χ1) is 7.70. The van der Waals surface area contributed by atoms with E-state index in [9.17, 15) is 9.18 Å². The lowest BCUT2D eigenvalue weighted by atomic mass is 10.2.